The molecule has 2 aliphatic rings. The Morgan fingerprint density at radius 3 is 2.17 bits per heavy atom. The van der Waals surface area contributed by atoms with Gasteiger partial charge in [-0.2, -0.15) is 0 Å². The maximum absolute atomic E-state index is 14.0. The van der Waals surface area contributed by atoms with Crippen LogP contribution in [0.3, 0.4) is 0 Å². The highest BCUT2D eigenvalue weighted by Crippen LogP contribution is 2.56. The maximum Gasteiger partial charge on any atom is 0.410 e. The highest BCUT2D eigenvalue weighted by atomic mass is 16.6. The molecule has 210 valence electrons. The summed E-state index contributed by atoms with van der Waals surface area (Å²) in [5.41, 5.74) is 3.59. The Morgan fingerprint density at radius 1 is 0.850 bits per heavy atom. The lowest BCUT2D eigenvalue weighted by Crippen LogP contribution is -2.55. The van der Waals surface area contributed by atoms with Gasteiger partial charge in [0, 0.05) is 18.2 Å². The predicted octanol–water partition coefficient (Wildman–Crippen LogP) is 6.27. The van der Waals surface area contributed by atoms with Crippen LogP contribution in [0.5, 0.6) is 23.0 Å². The summed E-state index contributed by atoms with van der Waals surface area (Å²) in [6.07, 6.45) is 2.53. The van der Waals surface area contributed by atoms with Crippen LogP contribution in [0, 0.1) is 0 Å². The first-order valence-electron chi connectivity index (χ1n) is 13.4. The van der Waals surface area contributed by atoms with Gasteiger partial charge in [0.2, 0.25) is 0 Å². The molecule has 1 amide bonds. The van der Waals surface area contributed by atoms with Gasteiger partial charge in [-0.25, -0.2) is 4.79 Å². The Hall–Kier alpha value is -4.13. The first kappa shape index (κ1) is 27.4. The summed E-state index contributed by atoms with van der Waals surface area (Å²) >= 11 is 0. The lowest BCUT2D eigenvalue weighted by molar-refractivity contribution is 0.0146. The molecule has 40 heavy (non-hydrogen) atoms. The average molecular weight is 544 g/mol. The van der Waals surface area contributed by atoms with E-state index >= 15 is 0 Å². The van der Waals surface area contributed by atoms with Crippen LogP contribution in [0.15, 0.2) is 66.7 Å². The highest BCUT2D eigenvalue weighted by Gasteiger charge is 2.55. The fourth-order valence-corrected chi connectivity index (χ4v) is 6.04. The summed E-state index contributed by atoms with van der Waals surface area (Å²) in [7, 11) is 6.63. The van der Waals surface area contributed by atoms with E-state index in [4.69, 9.17) is 23.7 Å². The van der Waals surface area contributed by atoms with Crippen molar-refractivity contribution in [1.82, 2.24) is 4.90 Å². The maximum atomic E-state index is 14.0. The molecule has 0 saturated heterocycles. The van der Waals surface area contributed by atoms with Crippen molar-refractivity contribution < 1.29 is 28.5 Å². The molecule has 0 spiro atoms. The van der Waals surface area contributed by atoms with E-state index in [9.17, 15) is 4.79 Å². The summed E-state index contributed by atoms with van der Waals surface area (Å²) in [4.78, 5) is 15.8. The van der Waals surface area contributed by atoms with E-state index in [1.807, 2.05) is 80.3 Å². The molecule has 3 aromatic carbocycles. The van der Waals surface area contributed by atoms with E-state index in [0.717, 1.165) is 39.3 Å². The van der Waals surface area contributed by atoms with Gasteiger partial charge in [-0.05, 0) is 79.8 Å². The van der Waals surface area contributed by atoms with Crippen LogP contribution in [0.25, 0.3) is 5.57 Å². The van der Waals surface area contributed by atoms with Gasteiger partial charge in [0.1, 0.15) is 28.6 Å². The minimum absolute atomic E-state index is 0.278. The lowest BCUT2D eigenvalue weighted by Gasteiger charge is -2.46. The number of fused-ring (bicyclic) bond motifs is 3. The second-order valence-corrected chi connectivity index (χ2v) is 11.2. The molecule has 0 unspecified atom stereocenters. The Labute approximate surface area is 236 Å². The van der Waals surface area contributed by atoms with E-state index in [1.165, 1.54) is 0 Å². The number of rotatable bonds is 6. The number of hydrogen-bond donors (Lipinski definition) is 0. The van der Waals surface area contributed by atoms with Crippen LogP contribution in [-0.4, -0.2) is 57.6 Å². The molecular weight excluding hydrogens is 506 g/mol. The molecule has 1 aliphatic carbocycles. The van der Waals surface area contributed by atoms with Gasteiger partial charge in [-0.15, -0.1) is 0 Å². The summed E-state index contributed by atoms with van der Waals surface area (Å²) in [5.74, 6) is 2.88. The molecular formula is C33H37NO6. The first-order chi connectivity index (χ1) is 19.1. The lowest BCUT2D eigenvalue weighted by atomic mass is 9.68. The van der Waals surface area contributed by atoms with Crippen molar-refractivity contribution >= 4 is 11.7 Å². The number of amides is 1. The molecule has 7 heteroatoms. The summed E-state index contributed by atoms with van der Waals surface area (Å²) < 4.78 is 28.8. The molecule has 0 N–H and O–H groups in total. The van der Waals surface area contributed by atoms with E-state index in [0.29, 0.717) is 24.5 Å². The zero-order chi connectivity index (χ0) is 28.7. The number of ether oxygens (including phenoxy) is 5. The molecule has 0 saturated carbocycles. The molecule has 0 fully saturated rings. The van der Waals surface area contributed by atoms with E-state index < -0.39 is 11.0 Å². The molecule has 0 bridgehead atoms. The third kappa shape index (κ3) is 4.74. The van der Waals surface area contributed by atoms with Crippen molar-refractivity contribution in [2.75, 3.05) is 35.0 Å². The topological polar surface area (TPSA) is 66.5 Å². The van der Waals surface area contributed by atoms with Crippen LogP contribution in [-0.2, 0) is 16.6 Å². The highest BCUT2D eigenvalue weighted by molar-refractivity contribution is 5.81. The number of carbonyl (C=O) groups is 1. The number of benzene rings is 3. The second-order valence-electron chi connectivity index (χ2n) is 11.2. The largest absolute Gasteiger partial charge is 0.497 e. The molecule has 5 rings (SSSR count). The third-order valence-corrected chi connectivity index (χ3v) is 7.70. The Kier molecular flexibility index (Phi) is 7.17. The Morgan fingerprint density at radius 2 is 1.52 bits per heavy atom. The number of methoxy groups -OCH3 is 4. The standard InChI is InChI=1S/C33H37NO6/c1-32(2,3)40-31(35)34-20-23(21-10-8-12-25(14-21)36-4)19-33(24-11-9-13-26(17-24)37-5)29(34)16-22-15-27(38-6)18-28(39-7)30(22)33/h8-15,17-19,29H,16,20H2,1-7H3/t29-,33+/m0/s1. The second kappa shape index (κ2) is 10.5. The van der Waals surface area contributed by atoms with Gasteiger partial charge in [0.25, 0.3) is 0 Å². The molecule has 1 heterocycles. The predicted molar refractivity (Wildman–Crippen MR) is 155 cm³/mol. The number of carbonyl (C=O) groups excluding carboxylic acids is 1. The van der Waals surface area contributed by atoms with Crippen molar-refractivity contribution in [2.24, 2.45) is 0 Å². The van der Waals surface area contributed by atoms with Crippen molar-refractivity contribution in [2.45, 2.75) is 44.2 Å². The van der Waals surface area contributed by atoms with Crippen LogP contribution in [0.1, 0.15) is 43.0 Å². The monoisotopic (exact) mass is 543 g/mol. The molecule has 0 aromatic heterocycles. The quantitative estimate of drug-likeness (QED) is 0.365. The van der Waals surface area contributed by atoms with Gasteiger partial charge < -0.3 is 23.7 Å². The van der Waals surface area contributed by atoms with Crippen LogP contribution < -0.4 is 18.9 Å². The fraction of sp³-hybridized carbons (Fsp3) is 0.364. The van der Waals surface area contributed by atoms with Crippen molar-refractivity contribution in [3.8, 4) is 23.0 Å². The molecule has 7 nitrogen and oxygen atoms in total. The van der Waals surface area contributed by atoms with Gasteiger partial charge in [0.05, 0.1) is 39.9 Å². The fourth-order valence-electron chi connectivity index (χ4n) is 6.04. The van der Waals surface area contributed by atoms with Crippen molar-refractivity contribution in [3.63, 3.8) is 0 Å². The van der Waals surface area contributed by atoms with Crippen molar-refractivity contribution in [3.05, 3.63) is 89.0 Å². The third-order valence-electron chi connectivity index (χ3n) is 7.70. The van der Waals surface area contributed by atoms with Crippen molar-refractivity contribution in [1.29, 1.82) is 0 Å². The normalized spacial score (nSPS) is 19.7. The molecule has 2 atom stereocenters. The Balaban J connectivity index is 1.84. The number of hydrogen-bond acceptors (Lipinski definition) is 6. The van der Waals surface area contributed by atoms with Gasteiger partial charge in [-0.1, -0.05) is 30.3 Å². The van der Waals surface area contributed by atoms with Gasteiger partial charge in [0.15, 0.2) is 0 Å². The van der Waals surface area contributed by atoms with Gasteiger partial charge >= 0.3 is 6.09 Å². The van der Waals surface area contributed by atoms with Gasteiger partial charge in [-0.3, -0.25) is 4.90 Å². The molecule has 0 radical (unpaired) electrons. The minimum atomic E-state index is -0.755. The minimum Gasteiger partial charge on any atom is -0.497 e. The zero-order valence-corrected chi connectivity index (χ0v) is 24.2. The summed E-state index contributed by atoms with van der Waals surface area (Å²) in [6.45, 7) is 6.05. The van der Waals surface area contributed by atoms with Crippen LogP contribution in [0.2, 0.25) is 0 Å². The Bertz CT molecular complexity index is 1460. The average Bonchev–Trinajstić information content (AvgIpc) is 3.30. The first-order valence-corrected chi connectivity index (χ1v) is 13.4. The van der Waals surface area contributed by atoms with E-state index in [1.54, 1.807) is 28.4 Å². The summed E-state index contributed by atoms with van der Waals surface area (Å²) in [6, 6.07) is 19.7. The molecule has 3 aromatic rings. The SMILES string of the molecule is COc1cccc(C2=C[C@]3(c4cccc(OC)c4)c4c(cc(OC)cc4OC)C[C@@H]3N(C(=O)OC(C)(C)C)C2)c1. The van der Waals surface area contributed by atoms with E-state index in [2.05, 4.69) is 12.1 Å². The van der Waals surface area contributed by atoms with E-state index in [-0.39, 0.29) is 12.1 Å². The zero-order valence-electron chi connectivity index (χ0n) is 24.2. The smallest absolute Gasteiger partial charge is 0.410 e. The number of nitrogens with zero attached hydrogens (tertiary/aromatic N) is 1. The summed E-state index contributed by atoms with van der Waals surface area (Å²) in [5, 5.41) is 0. The van der Waals surface area contributed by atoms with Crippen LogP contribution >= 0.6 is 0 Å². The molecule has 1 aliphatic heterocycles. The van der Waals surface area contributed by atoms with Crippen LogP contribution in [0.4, 0.5) is 4.79 Å².